The largest absolute Gasteiger partial charge is 0.492 e. The molecule has 2 aromatic carbocycles. The molecule has 2 aromatic rings. The van der Waals surface area contributed by atoms with E-state index in [1.807, 2.05) is 18.4 Å². The third-order valence-corrected chi connectivity index (χ3v) is 12.1. The van der Waals surface area contributed by atoms with E-state index in [-0.39, 0.29) is 13.0 Å². The summed E-state index contributed by atoms with van der Waals surface area (Å²) in [5.41, 5.74) is 0.0801. The molecule has 11 heteroatoms. The first kappa shape index (κ1) is 32.0. The van der Waals surface area contributed by atoms with Crippen LogP contribution in [0.2, 0.25) is 0 Å². The van der Waals surface area contributed by atoms with Crippen LogP contribution in [0.5, 0.6) is 5.75 Å². The molecule has 0 aromatic heterocycles. The van der Waals surface area contributed by atoms with Crippen LogP contribution in [0, 0.1) is 11.2 Å². The van der Waals surface area contributed by atoms with Gasteiger partial charge in [-0.25, -0.2) is 4.39 Å². The van der Waals surface area contributed by atoms with Crippen LogP contribution in [-0.2, 0) is 4.79 Å². The van der Waals surface area contributed by atoms with Crippen LogP contribution in [0.4, 0.5) is 15.8 Å². The molecule has 0 atom stereocenters. The number of anilines is 2. The first-order valence-electron chi connectivity index (χ1n) is 12.6. The number of carboxylic acid groups (broad SMARTS) is 1. The summed E-state index contributed by atoms with van der Waals surface area (Å²) in [7, 11) is 0. The molecule has 1 aliphatic rings. The van der Waals surface area contributed by atoms with Crippen molar-refractivity contribution < 1.29 is 29.2 Å². The number of alkyl halides is 2. The molecule has 1 heterocycles. The molecule has 3 rings (SSSR count). The minimum absolute atomic E-state index is 0.0223. The molecule has 210 valence electrons. The SMILES string of the molecule is CCCCC1(CCCC)C(I)(I)Sc2cc(OCCC(=O)O)c(SC)cc2N(c2ccc(F)cc2)C1(O)O. The van der Waals surface area contributed by atoms with Crippen molar-refractivity contribution in [1.82, 2.24) is 0 Å². The van der Waals surface area contributed by atoms with E-state index in [9.17, 15) is 19.4 Å². The number of nitrogens with zero attached hydrogens (tertiary/aromatic N) is 1. The fraction of sp³-hybridized carbons (Fsp3) is 0.519. The summed E-state index contributed by atoms with van der Waals surface area (Å²) in [6.07, 6.45) is 6.35. The highest BCUT2D eigenvalue weighted by molar-refractivity contribution is 14.2. The fourth-order valence-electron chi connectivity index (χ4n) is 4.74. The Morgan fingerprint density at radius 3 is 2.24 bits per heavy atom. The van der Waals surface area contributed by atoms with Crippen molar-refractivity contribution in [3.05, 3.63) is 42.2 Å². The minimum atomic E-state index is -2.31. The number of halogens is 3. The maximum atomic E-state index is 14.0. The normalized spacial score (nSPS) is 17.5. The smallest absolute Gasteiger partial charge is 0.306 e. The molecule has 0 unspecified atom stereocenters. The highest BCUT2D eigenvalue weighted by Crippen LogP contribution is 2.68. The van der Waals surface area contributed by atoms with Crippen molar-refractivity contribution in [3.8, 4) is 5.75 Å². The van der Waals surface area contributed by atoms with Crippen molar-refractivity contribution in [2.45, 2.75) is 75.3 Å². The number of carboxylic acids is 1. The van der Waals surface area contributed by atoms with Gasteiger partial charge in [0.2, 0.25) is 0 Å². The summed E-state index contributed by atoms with van der Waals surface area (Å²) in [4.78, 5) is 14.1. The van der Waals surface area contributed by atoms with Crippen LogP contribution >= 0.6 is 68.7 Å². The lowest BCUT2D eigenvalue weighted by Crippen LogP contribution is -2.63. The summed E-state index contributed by atoms with van der Waals surface area (Å²) in [6, 6.07) is 9.50. The Bertz CT molecular complexity index is 1110. The molecule has 0 bridgehead atoms. The van der Waals surface area contributed by atoms with Gasteiger partial charge in [-0.05, 0) is 55.5 Å². The summed E-state index contributed by atoms with van der Waals surface area (Å²) in [5, 5.41) is 33.8. The number of aliphatic carboxylic acids is 1. The lowest BCUT2D eigenvalue weighted by Gasteiger charge is -2.53. The second-order valence-electron chi connectivity index (χ2n) is 9.32. The van der Waals surface area contributed by atoms with Crippen LogP contribution in [-0.4, -0.2) is 40.8 Å². The zero-order chi connectivity index (χ0) is 28.1. The predicted octanol–water partition coefficient (Wildman–Crippen LogP) is 8.17. The number of thioether (sulfide) groups is 2. The molecule has 0 radical (unpaired) electrons. The van der Waals surface area contributed by atoms with E-state index >= 15 is 0 Å². The van der Waals surface area contributed by atoms with Gasteiger partial charge in [-0.2, -0.15) is 0 Å². The first-order valence-corrected chi connectivity index (χ1v) is 16.8. The van der Waals surface area contributed by atoms with Crippen LogP contribution < -0.4 is 9.64 Å². The zero-order valence-electron chi connectivity index (χ0n) is 21.7. The van der Waals surface area contributed by atoms with Crippen LogP contribution in [0.25, 0.3) is 0 Å². The van der Waals surface area contributed by atoms with Gasteiger partial charge in [-0.1, -0.05) is 96.5 Å². The van der Waals surface area contributed by atoms with Gasteiger partial charge in [0.25, 0.3) is 5.91 Å². The molecule has 1 aliphatic heterocycles. The van der Waals surface area contributed by atoms with E-state index in [1.165, 1.54) is 23.9 Å². The van der Waals surface area contributed by atoms with E-state index in [4.69, 9.17) is 9.84 Å². The van der Waals surface area contributed by atoms with Gasteiger partial charge in [0, 0.05) is 10.6 Å². The van der Waals surface area contributed by atoms with E-state index in [2.05, 4.69) is 59.0 Å². The molecular formula is C27H34FI2NO5S2. The Kier molecular flexibility index (Phi) is 11.3. The number of fused-ring (bicyclic) bond motifs is 1. The second kappa shape index (κ2) is 13.5. The van der Waals surface area contributed by atoms with Crippen LogP contribution in [0.15, 0.2) is 46.2 Å². The fourth-order valence-corrected chi connectivity index (χ4v) is 9.75. The number of aliphatic hydroxyl groups is 2. The molecule has 0 fully saturated rings. The van der Waals surface area contributed by atoms with Gasteiger partial charge < -0.3 is 20.1 Å². The van der Waals surface area contributed by atoms with Gasteiger partial charge in [0.05, 0.1) is 29.0 Å². The molecule has 38 heavy (non-hydrogen) atoms. The van der Waals surface area contributed by atoms with Crippen molar-refractivity contribution in [2.75, 3.05) is 17.8 Å². The third kappa shape index (κ3) is 6.53. The molecule has 0 spiro atoms. The van der Waals surface area contributed by atoms with E-state index in [0.717, 1.165) is 35.5 Å². The predicted molar refractivity (Wildman–Crippen MR) is 170 cm³/mol. The van der Waals surface area contributed by atoms with Gasteiger partial charge in [0.1, 0.15) is 12.3 Å². The summed E-state index contributed by atoms with van der Waals surface area (Å²) in [5.74, 6) is -3.12. The summed E-state index contributed by atoms with van der Waals surface area (Å²) >= 11 is 7.68. The number of unbranched alkanes of at least 4 members (excludes halogenated alkanes) is 2. The van der Waals surface area contributed by atoms with Gasteiger partial charge in [-0.15, -0.1) is 11.8 Å². The van der Waals surface area contributed by atoms with E-state index in [0.29, 0.717) is 30.0 Å². The van der Waals surface area contributed by atoms with Crippen LogP contribution in [0.3, 0.4) is 0 Å². The van der Waals surface area contributed by atoms with E-state index in [1.54, 1.807) is 28.8 Å². The second-order valence-corrected chi connectivity index (χ2v) is 18.2. The Morgan fingerprint density at radius 2 is 1.71 bits per heavy atom. The van der Waals surface area contributed by atoms with Gasteiger partial charge in [0.15, 0.2) is 0 Å². The standard InChI is InChI=1S/C27H34FI2NO5S2/c1-4-6-13-25(14-7-5-2)26(29,30)38-22-17-21(36-15-12-24(32)33)23(37-3)16-20(22)31(27(25,34)35)19-10-8-18(28)9-11-19/h8-11,16-17,34-35H,4-7,12-15H2,1-3H3,(H,32,33). The van der Waals surface area contributed by atoms with Gasteiger partial charge in [-0.3, -0.25) is 9.69 Å². The average Bonchev–Trinajstić information content (AvgIpc) is 2.90. The lowest BCUT2D eigenvalue weighted by molar-refractivity contribution is -0.237. The Hall–Kier alpha value is -0.480. The Balaban J connectivity index is 2.31. The number of hydrogen-bond donors (Lipinski definition) is 3. The minimum Gasteiger partial charge on any atom is -0.492 e. The lowest BCUT2D eigenvalue weighted by atomic mass is 9.75. The molecular weight excluding hydrogens is 755 g/mol. The Morgan fingerprint density at radius 1 is 1.11 bits per heavy atom. The highest BCUT2D eigenvalue weighted by atomic mass is 127. The molecule has 6 nitrogen and oxygen atoms in total. The monoisotopic (exact) mass is 789 g/mol. The number of carbonyl (C=O) groups is 1. The zero-order valence-corrected chi connectivity index (χ0v) is 27.6. The van der Waals surface area contributed by atoms with Crippen molar-refractivity contribution in [1.29, 1.82) is 0 Å². The number of benzene rings is 2. The van der Waals surface area contributed by atoms with Gasteiger partial charge >= 0.3 is 5.97 Å². The number of hydrogen-bond acceptors (Lipinski definition) is 7. The maximum Gasteiger partial charge on any atom is 0.306 e. The summed E-state index contributed by atoms with van der Waals surface area (Å²) < 4.78 is 19.2. The maximum absolute atomic E-state index is 14.0. The molecule has 0 amide bonds. The van der Waals surface area contributed by atoms with Crippen molar-refractivity contribution in [3.63, 3.8) is 0 Å². The quantitative estimate of drug-likeness (QED) is 0.0860. The van der Waals surface area contributed by atoms with Crippen molar-refractivity contribution >= 4 is 86.0 Å². The summed E-state index contributed by atoms with van der Waals surface area (Å²) in [6.45, 7) is 4.20. The van der Waals surface area contributed by atoms with Crippen LogP contribution in [0.1, 0.15) is 58.8 Å². The topological polar surface area (TPSA) is 90.2 Å². The third-order valence-electron chi connectivity index (χ3n) is 6.81. The molecule has 0 saturated carbocycles. The molecule has 0 aliphatic carbocycles. The number of rotatable bonds is 12. The van der Waals surface area contributed by atoms with Crippen molar-refractivity contribution in [2.24, 2.45) is 5.41 Å². The Labute approximate surface area is 259 Å². The first-order chi connectivity index (χ1) is 17.9. The van der Waals surface area contributed by atoms with E-state index < -0.39 is 23.9 Å². The number of ether oxygens (including phenoxy) is 1. The molecule has 0 saturated heterocycles. The molecule has 3 N–H and O–H groups in total. The highest BCUT2D eigenvalue weighted by Gasteiger charge is 2.65. The average molecular weight is 790 g/mol.